The molecule has 0 saturated heterocycles. The number of allylic oxidation sites excluding steroid dienone is 1. The third-order valence-corrected chi connectivity index (χ3v) is 5.45. The summed E-state index contributed by atoms with van der Waals surface area (Å²) in [7, 11) is 0. The lowest BCUT2D eigenvalue weighted by atomic mass is 10.1. The van der Waals surface area contributed by atoms with Crippen molar-refractivity contribution in [1.82, 2.24) is 0 Å². The molecule has 0 fully saturated rings. The Balaban J connectivity index is 1.64. The lowest BCUT2D eigenvalue weighted by Gasteiger charge is -2.09. The number of ketones is 1. The number of carbonyl (C=O) groups is 2. The van der Waals surface area contributed by atoms with E-state index in [0.29, 0.717) is 27.3 Å². The Morgan fingerprint density at radius 1 is 0.926 bits per heavy atom. The number of hydrogen-bond donors (Lipinski definition) is 0. The minimum absolute atomic E-state index is 0.00404. The third kappa shape index (κ3) is 3.44. The zero-order valence-electron chi connectivity index (χ0n) is 14.6. The van der Waals surface area contributed by atoms with Crippen molar-refractivity contribution in [2.45, 2.75) is 11.8 Å². The Hall–Kier alpha value is -3.11. The number of rotatable bonds is 3. The van der Waals surface area contributed by atoms with E-state index in [-0.39, 0.29) is 5.78 Å². The summed E-state index contributed by atoms with van der Waals surface area (Å²) in [6.45, 7) is 1.87. The van der Waals surface area contributed by atoms with Gasteiger partial charge in [-0.2, -0.15) is 0 Å². The number of aryl methyl sites for hydroxylation is 1. The van der Waals surface area contributed by atoms with E-state index in [1.54, 1.807) is 24.3 Å². The van der Waals surface area contributed by atoms with E-state index < -0.39 is 5.97 Å². The number of ether oxygens (including phenoxy) is 1. The molecule has 0 N–H and O–H groups in total. The molecule has 1 aliphatic heterocycles. The minimum Gasteiger partial charge on any atom is -0.422 e. The van der Waals surface area contributed by atoms with Gasteiger partial charge in [-0.3, -0.25) is 4.79 Å². The molecular weight excluding hydrogens is 356 g/mol. The summed E-state index contributed by atoms with van der Waals surface area (Å²) in [5, 5.41) is 0. The maximum Gasteiger partial charge on any atom is 0.343 e. The fraction of sp³-hybridized carbons (Fsp3) is 0.0435. The van der Waals surface area contributed by atoms with Crippen molar-refractivity contribution in [3.05, 3.63) is 100.0 Å². The molecule has 3 nitrogen and oxygen atoms in total. The zero-order chi connectivity index (χ0) is 18.8. The van der Waals surface area contributed by atoms with Crippen LogP contribution in [-0.2, 0) is 0 Å². The van der Waals surface area contributed by atoms with E-state index in [9.17, 15) is 9.59 Å². The van der Waals surface area contributed by atoms with Gasteiger partial charge in [-0.05, 0) is 42.8 Å². The van der Waals surface area contributed by atoms with Gasteiger partial charge in [-0.25, -0.2) is 4.79 Å². The van der Waals surface area contributed by atoms with E-state index in [2.05, 4.69) is 0 Å². The predicted octanol–water partition coefficient (Wildman–Crippen LogP) is 5.54. The largest absolute Gasteiger partial charge is 0.422 e. The normalized spacial score (nSPS) is 14.3. The topological polar surface area (TPSA) is 43.4 Å². The van der Waals surface area contributed by atoms with Crippen LogP contribution in [0, 0.1) is 6.92 Å². The van der Waals surface area contributed by atoms with Gasteiger partial charge in [0, 0.05) is 16.0 Å². The van der Waals surface area contributed by atoms with Crippen LogP contribution in [0.4, 0.5) is 0 Å². The van der Waals surface area contributed by atoms with Crippen molar-refractivity contribution in [3.63, 3.8) is 0 Å². The highest BCUT2D eigenvalue weighted by Crippen LogP contribution is 2.41. The molecule has 1 heterocycles. The number of thioether (sulfide) groups is 1. The summed E-state index contributed by atoms with van der Waals surface area (Å²) >= 11 is 1.44. The quantitative estimate of drug-likeness (QED) is 0.344. The predicted molar refractivity (Wildman–Crippen MR) is 107 cm³/mol. The summed E-state index contributed by atoms with van der Waals surface area (Å²) in [6.07, 6.45) is 1.79. The number of esters is 1. The van der Waals surface area contributed by atoms with E-state index >= 15 is 0 Å². The second-order valence-corrected chi connectivity index (χ2v) is 7.26. The molecule has 0 radical (unpaired) electrons. The van der Waals surface area contributed by atoms with E-state index in [1.165, 1.54) is 11.8 Å². The van der Waals surface area contributed by atoms with Crippen LogP contribution in [0.2, 0.25) is 0 Å². The van der Waals surface area contributed by atoms with Gasteiger partial charge in [0.15, 0.2) is 0 Å². The molecule has 0 aliphatic carbocycles. The lowest BCUT2D eigenvalue weighted by Crippen LogP contribution is -2.10. The highest BCUT2D eigenvalue weighted by molar-refractivity contribution is 8.04. The van der Waals surface area contributed by atoms with E-state index in [4.69, 9.17) is 4.74 Å². The number of carbonyl (C=O) groups excluding carboxylic acids is 2. The second kappa shape index (κ2) is 7.25. The molecule has 3 aromatic rings. The molecule has 0 atom stereocenters. The number of fused-ring (bicyclic) bond motifs is 1. The standard InChI is InChI=1S/C23H16O3S/c1-15-8-2-4-10-17(15)23(25)26-19-12-6-3-9-16(19)14-21-22(24)18-11-5-7-13-20(18)27-21/h2-14H,1H3. The van der Waals surface area contributed by atoms with Gasteiger partial charge in [-0.1, -0.05) is 60.3 Å². The maximum absolute atomic E-state index is 12.6. The fourth-order valence-electron chi connectivity index (χ4n) is 2.93. The minimum atomic E-state index is -0.410. The van der Waals surface area contributed by atoms with Crippen LogP contribution in [0.3, 0.4) is 0 Å². The molecular formula is C23H16O3S. The highest BCUT2D eigenvalue weighted by Gasteiger charge is 2.25. The first-order chi connectivity index (χ1) is 13.1. The molecule has 0 spiro atoms. The van der Waals surface area contributed by atoms with Crippen molar-refractivity contribution < 1.29 is 14.3 Å². The van der Waals surface area contributed by atoms with Crippen molar-refractivity contribution in [1.29, 1.82) is 0 Å². The first-order valence-electron chi connectivity index (χ1n) is 8.53. The van der Waals surface area contributed by atoms with Crippen LogP contribution in [0.25, 0.3) is 6.08 Å². The summed E-state index contributed by atoms with van der Waals surface area (Å²) < 4.78 is 5.63. The monoisotopic (exact) mass is 372 g/mol. The number of benzene rings is 3. The van der Waals surface area contributed by atoms with Crippen molar-refractivity contribution in [2.75, 3.05) is 0 Å². The fourth-order valence-corrected chi connectivity index (χ4v) is 3.97. The second-order valence-electron chi connectivity index (χ2n) is 6.18. The van der Waals surface area contributed by atoms with Gasteiger partial charge in [-0.15, -0.1) is 0 Å². The van der Waals surface area contributed by atoms with Gasteiger partial charge in [0.1, 0.15) is 5.75 Å². The van der Waals surface area contributed by atoms with Crippen LogP contribution < -0.4 is 4.74 Å². The smallest absolute Gasteiger partial charge is 0.343 e. The first-order valence-corrected chi connectivity index (χ1v) is 9.35. The summed E-state index contributed by atoms with van der Waals surface area (Å²) in [5.74, 6) is 0.0193. The van der Waals surface area contributed by atoms with Crippen molar-refractivity contribution in [3.8, 4) is 5.75 Å². The summed E-state index contributed by atoms with van der Waals surface area (Å²) in [6, 6.07) is 22.1. The Bertz CT molecular complexity index is 1080. The van der Waals surface area contributed by atoms with Crippen LogP contribution in [-0.4, -0.2) is 11.8 Å². The molecule has 3 aromatic carbocycles. The Kier molecular flexibility index (Phi) is 4.65. The zero-order valence-corrected chi connectivity index (χ0v) is 15.5. The van der Waals surface area contributed by atoms with Gasteiger partial charge < -0.3 is 4.74 Å². The molecule has 132 valence electrons. The molecule has 0 unspecified atom stereocenters. The molecule has 0 saturated carbocycles. The summed E-state index contributed by atoms with van der Waals surface area (Å²) in [5.41, 5.74) is 2.79. The Morgan fingerprint density at radius 3 is 2.44 bits per heavy atom. The van der Waals surface area contributed by atoms with Gasteiger partial charge in [0.2, 0.25) is 5.78 Å². The van der Waals surface area contributed by atoms with Crippen LogP contribution in [0.1, 0.15) is 31.8 Å². The summed E-state index contributed by atoms with van der Waals surface area (Å²) in [4.78, 5) is 26.7. The molecule has 0 aromatic heterocycles. The van der Waals surface area contributed by atoms with Crippen LogP contribution >= 0.6 is 11.8 Å². The molecule has 4 heteroatoms. The Labute approximate surface area is 161 Å². The van der Waals surface area contributed by atoms with Gasteiger partial charge in [0.25, 0.3) is 0 Å². The van der Waals surface area contributed by atoms with E-state index in [0.717, 1.165) is 10.5 Å². The number of hydrogen-bond acceptors (Lipinski definition) is 4. The average Bonchev–Trinajstić information content (AvgIpc) is 2.99. The lowest BCUT2D eigenvalue weighted by molar-refractivity contribution is 0.0733. The molecule has 27 heavy (non-hydrogen) atoms. The van der Waals surface area contributed by atoms with Gasteiger partial charge >= 0.3 is 5.97 Å². The molecule has 4 rings (SSSR count). The number of para-hydroxylation sites is 1. The maximum atomic E-state index is 12.6. The van der Waals surface area contributed by atoms with Crippen LogP contribution in [0.15, 0.2) is 82.6 Å². The molecule has 0 amide bonds. The SMILES string of the molecule is Cc1ccccc1C(=O)Oc1ccccc1C=C1Sc2ccccc2C1=O. The van der Waals surface area contributed by atoms with Crippen molar-refractivity contribution in [2.24, 2.45) is 0 Å². The molecule has 1 aliphatic rings. The average molecular weight is 372 g/mol. The highest BCUT2D eigenvalue weighted by atomic mass is 32.2. The van der Waals surface area contributed by atoms with E-state index in [1.807, 2.05) is 61.5 Å². The first kappa shape index (κ1) is 17.3. The van der Waals surface area contributed by atoms with Crippen LogP contribution in [0.5, 0.6) is 5.75 Å². The number of Topliss-reactive ketones (excluding diaryl/α,β-unsaturated/α-hetero) is 1. The third-order valence-electron chi connectivity index (χ3n) is 4.35. The molecule has 0 bridgehead atoms. The Morgan fingerprint density at radius 2 is 1.63 bits per heavy atom. The van der Waals surface area contributed by atoms with Gasteiger partial charge in [0.05, 0.1) is 10.5 Å². The van der Waals surface area contributed by atoms with Crippen molar-refractivity contribution >= 4 is 29.6 Å².